The number of thioether (sulfide) groups is 1. The number of benzene rings is 2. The summed E-state index contributed by atoms with van der Waals surface area (Å²) in [4.78, 5) is 21.1. The zero-order valence-electron chi connectivity index (χ0n) is 19.0. The van der Waals surface area contributed by atoms with Crippen molar-refractivity contribution in [2.75, 3.05) is 12.4 Å². The Kier molecular flexibility index (Phi) is 7.01. The molecule has 0 aliphatic heterocycles. The highest BCUT2D eigenvalue weighted by molar-refractivity contribution is 7.98. The second-order valence-corrected chi connectivity index (χ2v) is 9.31. The molecule has 0 atom stereocenters. The Balaban J connectivity index is 1.38. The van der Waals surface area contributed by atoms with Crippen LogP contribution in [-0.4, -0.2) is 37.7 Å². The van der Waals surface area contributed by atoms with E-state index in [9.17, 15) is 9.18 Å². The molecule has 11 heteroatoms. The summed E-state index contributed by atoms with van der Waals surface area (Å²) in [5.41, 5.74) is 2.46. The second kappa shape index (κ2) is 10.7. The zero-order valence-corrected chi connectivity index (χ0v) is 20.6. The van der Waals surface area contributed by atoms with Gasteiger partial charge in [-0.2, -0.15) is 0 Å². The standard InChI is InChI=1S/C25H19FN6O2S2/c1-34-21-5-3-2-4-20(21)32-23(16-10-12-27-13-11-16)30-31-25(32)36-15-22-29-19(14-35-22)24(33)28-18-8-6-17(26)7-9-18/h2-14H,15H2,1H3,(H,28,33). The number of nitrogens with zero attached hydrogens (tertiary/aromatic N) is 5. The number of carbonyl (C=O) groups excluding carboxylic acids is 1. The number of anilines is 1. The van der Waals surface area contributed by atoms with Gasteiger partial charge in [-0.1, -0.05) is 23.9 Å². The largest absolute Gasteiger partial charge is 0.495 e. The van der Waals surface area contributed by atoms with Crippen LogP contribution in [0.1, 0.15) is 15.5 Å². The number of para-hydroxylation sites is 2. The lowest BCUT2D eigenvalue weighted by Crippen LogP contribution is -2.12. The average Bonchev–Trinajstić information content (AvgIpc) is 3.56. The van der Waals surface area contributed by atoms with Gasteiger partial charge in [0.25, 0.3) is 5.91 Å². The molecule has 0 fully saturated rings. The molecule has 0 aliphatic rings. The summed E-state index contributed by atoms with van der Waals surface area (Å²) in [5, 5.41) is 14.7. The maximum absolute atomic E-state index is 13.1. The second-order valence-electron chi connectivity index (χ2n) is 7.43. The van der Waals surface area contributed by atoms with Crippen LogP contribution in [0.5, 0.6) is 5.75 Å². The summed E-state index contributed by atoms with van der Waals surface area (Å²) in [5.74, 6) is 1.10. The van der Waals surface area contributed by atoms with Gasteiger partial charge in [0, 0.05) is 29.0 Å². The lowest BCUT2D eigenvalue weighted by Gasteiger charge is -2.13. The summed E-state index contributed by atoms with van der Waals surface area (Å²) in [7, 11) is 1.62. The molecule has 8 nitrogen and oxygen atoms in total. The van der Waals surface area contributed by atoms with E-state index in [1.807, 2.05) is 41.0 Å². The normalized spacial score (nSPS) is 10.8. The highest BCUT2D eigenvalue weighted by Gasteiger charge is 2.20. The topological polar surface area (TPSA) is 94.8 Å². The van der Waals surface area contributed by atoms with Crippen molar-refractivity contribution in [2.24, 2.45) is 0 Å². The number of amides is 1. The van der Waals surface area contributed by atoms with E-state index in [1.54, 1.807) is 24.9 Å². The van der Waals surface area contributed by atoms with Crippen molar-refractivity contribution in [1.29, 1.82) is 0 Å². The van der Waals surface area contributed by atoms with E-state index in [0.29, 0.717) is 33.9 Å². The van der Waals surface area contributed by atoms with Crippen LogP contribution in [0.25, 0.3) is 17.1 Å². The molecule has 0 saturated carbocycles. The molecule has 5 aromatic rings. The van der Waals surface area contributed by atoms with Crippen molar-refractivity contribution in [3.8, 4) is 22.8 Å². The minimum absolute atomic E-state index is 0.295. The van der Waals surface area contributed by atoms with Crippen LogP contribution >= 0.6 is 23.1 Å². The Morgan fingerprint density at radius 2 is 1.86 bits per heavy atom. The Morgan fingerprint density at radius 1 is 1.08 bits per heavy atom. The Hall–Kier alpha value is -4.09. The monoisotopic (exact) mass is 518 g/mol. The Bertz CT molecular complexity index is 1490. The summed E-state index contributed by atoms with van der Waals surface area (Å²) in [6.07, 6.45) is 3.41. The van der Waals surface area contributed by atoms with E-state index in [0.717, 1.165) is 16.3 Å². The molecule has 36 heavy (non-hydrogen) atoms. The third-order valence-electron chi connectivity index (χ3n) is 5.11. The molecular weight excluding hydrogens is 499 g/mol. The van der Waals surface area contributed by atoms with Crippen LogP contribution < -0.4 is 10.1 Å². The number of carbonyl (C=O) groups is 1. The quantitative estimate of drug-likeness (QED) is 0.272. The predicted octanol–water partition coefficient (Wildman–Crippen LogP) is 5.48. The van der Waals surface area contributed by atoms with Crippen LogP contribution in [0.15, 0.2) is 83.6 Å². The first-order valence-corrected chi connectivity index (χ1v) is 12.6. The lowest BCUT2D eigenvalue weighted by molar-refractivity contribution is 0.102. The first-order chi connectivity index (χ1) is 17.6. The number of aromatic nitrogens is 5. The van der Waals surface area contributed by atoms with Gasteiger partial charge in [-0.25, -0.2) is 9.37 Å². The molecule has 5 rings (SSSR count). The molecular formula is C25H19FN6O2S2. The van der Waals surface area contributed by atoms with Gasteiger partial charge in [-0.3, -0.25) is 14.3 Å². The molecule has 1 amide bonds. The van der Waals surface area contributed by atoms with Crippen molar-refractivity contribution in [1.82, 2.24) is 24.7 Å². The minimum atomic E-state index is -0.367. The van der Waals surface area contributed by atoms with Gasteiger partial charge >= 0.3 is 0 Å². The number of hydrogen-bond donors (Lipinski definition) is 1. The number of thiazole rings is 1. The lowest BCUT2D eigenvalue weighted by atomic mass is 10.2. The molecule has 0 aliphatic carbocycles. The fourth-order valence-corrected chi connectivity index (χ4v) is 5.16. The van der Waals surface area contributed by atoms with E-state index < -0.39 is 0 Å². The van der Waals surface area contributed by atoms with Crippen LogP contribution in [0, 0.1) is 5.82 Å². The summed E-state index contributed by atoms with van der Waals surface area (Å²) >= 11 is 2.83. The minimum Gasteiger partial charge on any atom is -0.495 e. The molecule has 2 aromatic carbocycles. The van der Waals surface area contributed by atoms with Gasteiger partial charge in [-0.15, -0.1) is 21.5 Å². The van der Waals surface area contributed by atoms with Gasteiger partial charge < -0.3 is 10.1 Å². The molecule has 1 N–H and O–H groups in total. The molecule has 0 unspecified atom stereocenters. The van der Waals surface area contributed by atoms with Crippen molar-refractivity contribution < 1.29 is 13.9 Å². The highest BCUT2D eigenvalue weighted by atomic mass is 32.2. The van der Waals surface area contributed by atoms with Crippen molar-refractivity contribution in [3.05, 3.63) is 95.0 Å². The first-order valence-electron chi connectivity index (χ1n) is 10.8. The number of pyridine rings is 1. The maximum Gasteiger partial charge on any atom is 0.275 e. The maximum atomic E-state index is 13.1. The van der Waals surface area contributed by atoms with E-state index in [1.165, 1.54) is 47.4 Å². The van der Waals surface area contributed by atoms with Crippen molar-refractivity contribution >= 4 is 34.7 Å². The van der Waals surface area contributed by atoms with Crippen LogP contribution in [0.2, 0.25) is 0 Å². The average molecular weight is 519 g/mol. The van der Waals surface area contributed by atoms with E-state index in [2.05, 4.69) is 25.5 Å². The van der Waals surface area contributed by atoms with Gasteiger partial charge in [0.2, 0.25) is 0 Å². The smallest absolute Gasteiger partial charge is 0.275 e. The number of hydrogen-bond acceptors (Lipinski definition) is 8. The summed E-state index contributed by atoms with van der Waals surface area (Å²) in [6, 6.07) is 17.0. The number of methoxy groups -OCH3 is 1. The van der Waals surface area contributed by atoms with E-state index in [4.69, 9.17) is 4.74 Å². The molecule has 3 heterocycles. The molecule has 0 saturated heterocycles. The third kappa shape index (κ3) is 5.11. The Labute approximate surface area is 214 Å². The molecule has 0 radical (unpaired) electrons. The van der Waals surface area contributed by atoms with E-state index >= 15 is 0 Å². The number of ether oxygens (including phenoxy) is 1. The van der Waals surface area contributed by atoms with Crippen molar-refractivity contribution in [2.45, 2.75) is 10.9 Å². The molecule has 3 aromatic heterocycles. The molecule has 180 valence electrons. The summed E-state index contributed by atoms with van der Waals surface area (Å²) < 4.78 is 20.6. The highest BCUT2D eigenvalue weighted by Crippen LogP contribution is 2.33. The fraction of sp³-hybridized carbons (Fsp3) is 0.0800. The number of nitrogens with one attached hydrogen (secondary N) is 1. The predicted molar refractivity (Wildman–Crippen MR) is 137 cm³/mol. The van der Waals surface area contributed by atoms with Crippen LogP contribution in [0.4, 0.5) is 10.1 Å². The number of rotatable bonds is 8. The van der Waals surface area contributed by atoms with E-state index in [-0.39, 0.29) is 11.7 Å². The first kappa shape index (κ1) is 23.6. The third-order valence-corrected chi connectivity index (χ3v) is 7.08. The zero-order chi connectivity index (χ0) is 24.9. The van der Waals surface area contributed by atoms with Gasteiger partial charge in [0.05, 0.1) is 18.6 Å². The van der Waals surface area contributed by atoms with Crippen LogP contribution in [0.3, 0.4) is 0 Å². The van der Waals surface area contributed by atoms with Gasteiger partial charge in [0.15, 0.2) is 11.0 Å². The molecule has 0 spiro atoms. The van der Waals surface area contributed by atoms with Gasteiger partial charge in [-0.05, 0) is 48.5 Å². The van der Waals surface area contributed by atoms with Crippen molar-refractivity contribution in [3.63, 3.8) is 0 Å². The SMILES string of the molecule is COc1ccccc1-n1c(SCc2nc(C(=O)Nc3ccc(F)cc3)cs2)nnc1-c1ccncc1. The Morgan fingerprint density at radius 3 is 2.64 bits per heavy atom. The van der Waals surface area contributed by atoms with Gasteiger partial charge in [0.1, 0.15) is 22.3 Å². The van der Waals surface area contributed by atoms with Crippen LogP contribution in [-0.2, 0) is 5.75 Å². The molecule has 0 bridgehead atoms. The fourth-order valence-electron chi connectivity index (χ4n) is 3.42. The summed E-state index contributed by atoms with van der Waals surface area (Å²) in [6.45, 7) is 0. The number of halogens is 1.